The van der Waals surface area contributed by atoms with Crippen molar-refractivity contribution < 1.29 is 9.18 Å². The van der Waals surface area contributed by atoms with Gasteiger partial charge in [0.1, 0.15) is 5.82 Å². The third-order valence-corrected chi connectivity index (χ3v) is 6.07. The summed E-state index contributed by atoms with van der Waals surface area (Å²) in [6.45, 7) is 4.70. The molecule has 21 heavy (non-hydrogen) atoms. The molecular formula is C18H22FNO. The molecule has 112 valence electrons. The Balaban J connectivity index is 1.76. The quantitative estimate of drug-likeness (QED) is 0.755. The Labute approximate surface area is 125 Å². The average molecular weight is 287 g/mol. The van der Waals surface area contributed by atoms with Crippen molar-refractivity contribution in [3.8, 4) is 0 Å². The number of aromatic nitrogens is 1. The maximum atomic E-state index is 13.4. The number of hydrogen-bond acceptors (Lipinski definition) is 2. The topological polar surface area (TPSA) is 30.0 Å². The van der Waals surface area contributed by atoms with Crippen LogP contribution in [0, 0.1) is 28.0 Å². The van der Waals surface area contributed by atoms with Gasteiger partial charge in [-0.3, -0.25) is 9.78 Å². The van der Waals surface area contributed by atoms with Crippen LogP contribution in [0.15, 0.2) is 18.5 Å². The van der Waals surface area contributed by atoms with Gasteiger partial charge in [-0.05, 0) is 61.3 Å². The predicted molar refractivity (Wildman–Crippen MR) is 78.4 cm³/mol. The molecule has 4 saturated carbocycles. The lowest BCUT2D eigenvalue weighted by atomic mass is 9.39. The Kier molecular flexibility index (Phi) is 2.51. The van der Waals surface area contributed by atoms with Gasteiger partial charge in [0.25, 0.3) is 0 Å². The zero-order valence-corrected chi connectivity index (χ0v) is 12.8. The standard InChI is InChI=1S/C18H22FNO/c1-16-4-12-5-17(2,9-16)11-18(6-12,10-16)15(21)13-3-14(19)8-20-7-13/h3,7-8,12H,4-6,9-11H2,1-2H3. The van der Waals surface area contributed by atoms with Crippen LogP contribution in [0.3, 0.4) is 0 Å². The summed E-state index contributed by atoms with van der Waals surface area (Å²) >= 11 is 0. The first-order valence-electron chi connectivity index (χ1n) is 7.97. The number of carbonyl (C=O) groups is 1. The van der Waals surface area contributed by atoms with Gasteiger partial charge in [-0.1, -0.05) is 13.8 Å². The highest BCUT2D eigenvalue weighted by Crippen LogP contribution is 2.70. The SMILES string of the molecule is CC12CC3CC(C)(C1)CC(C(=O)c1cncc(F)c1)(C3)C2. The molecule has 4 aliphatic carbocycles. The van der Waals surface area contributed by atoms with Crippen LogP contribution < -0.4 is 0 Å². The number of carbonyl (C=O) groups excluding carboxylic acids is 1. The fourth-order valence-corrected chi connectivity index (χ4v) is 6.54. The third-order valence-electron chi connectivity index (χ3n) is 6.07. The number of ketones is 1. The minimum absolute atomic E-state index is 0.135. The maximum Gasteiger partial charge on any atom is 0.170 e. The second-order valence-electron chi connectivity index (χ2n) is 8.63. The predicted octanol–water partition coefficient (Wildman–Crippen LogP) is 4.40. The smallest absolute Gasteiger partial charge is 0.170 e. The molecule has 1 aromatic heterocycles. The Hall–Kier alpha value is -1.25. The molecule has 2 atom stereocenters. The fourth-order valence-electron chi connectivity index (χ4n) is 6.54. The number of nitrogens with zero attached hydrogens (tertiary/aromatic N) is 1. The Morgan fingerprint density at radius 3 is 2.38 bits per heavy atom. The zero-order chi connectivity index (χ0) is 14.9. The van der Waals surface area contributed by atoms with Crippen LogP contribution in [0.2, 0.25) is 0 Å². The average Bonchev–Trinajstić information content (AvgIpc) is 2.33. The van der Waals surface area contributed by atoms with Crippen LogP contribution in [0.25, 0.3) is 0 Å². The molecule has 1 heterocycles. The number of rotatable bonds is 2. The van der Waals surface area contributed by atoms with Crippen molar-refractivity contribution in [3.63, 3.8) is 0 Å². The Bertz CT molecular complexity index is 607. The first-order chi connectivity index (χ1) is 9.82. The van der Waals surface area contributed by atoms with Crippen LogP contribution in [0.1, 0.15) is 62.7 Å². The Morgan fingerprint density at radius 2 is 1.81 bits per heavy atom. The zero-order valence-electron chi connectivity index (χ0n) is 12.8. The minimum atomic E-state index is -0.414. The Morgan fingerprint density at radius 1 is 1.14 bits per heavy atom. The molecule has 0 aromatic carbocycles. The van der Waals surface area contributed by atoms with Gasteiger partial charge in [0.2, 0.25) is 0 Å². The summed E-state index contributed by atoms with van der Waals surface area (Å²) in [6.07, 6.45) is 9.41. The van der Waals surface area contributed by atoms with E-state index in [-0.39, 0.29) is 11.2 Å². The van der Waals surface area contributed by atoms with Crippen molar-refractivity contribution >= 4 is 5.78 Å². The van der Waals surface area contributed by atoms with Gasteiger partial charge < -0.3 is 0 Å². The summed E-state index contributed by atoms with van der Waals surface area (Å²) in [5.41, 5.74) is 0.789. The van der Waals surface area contributed by atoms with Crippen LogP contribution in [-0.4, -0.2) is 10.8 Å². The first-order valence-corrected chi connectivity index (χ1v) is 7.97. The van der Waals surface area contributed by atoms with E-state index in [2.05, 4.69) is 18.8 Å². The minimum Gasteiger partial charge on any atom is -0.293 e. The van der Waals surface area contributed by atoms with E-state index in [1.54, 1.807) is 0 Å². The highest BCUT2D eigenvalue weighted by molar-refractivity contribution is 6.00. The van der Waals surface area contributed by atoms with Crippen molar-refractivity contribution in [2.75, 3.05) is 0 Å². The summed E-state index contributed by atoms with van der Waals surface area (Å²) in [6, 6.07) is 1.36. The normalized spacial score (nSPS) is 44.0. The number of hydrogen-bond donors (Lipinski definition) is 0. The van der Waals surface area contributed by atoms with E-state index in [9.17, 15) is 9.18 Å². The van der Waals surface area contributed by atoms with Crippen molar-refractivity contribution in [1.29, 1.82) is 0 Å². The van der Waals surface area contributed by atoms with E-state index in [1.807, 2.05) is 0 Å². The van der Waals surface area contributed by atoms with Gasteiger partial charge in [0.15, 0.2) is 5.78 Å². The van der Waals surface area contributed by atoms with Crippen LogP contribution in [0.5, 0.6) is 0 Å². The lowest BCUT2D eigenvalue weighted by molar-refractivity contribution is -0.125. The lowest BCUT2D eigenvalue weighted by Gasteiger charge is -2.64. The van der Waals surface area contributed by atoms with E-state index in [4.69, 9.17) is 0 Å². The summed E-state index contributed by atoms with van der Waals surface area (Å²) in [7, 11) is 0. The monoisotopic (exact) mass is 287 g/mol. The lowest BCUT2D eigenvalue weighted by Crippen LogP contribution is -2.57. The molecule has 4 bridgehead atoms. The van der Waals surface area contributed by atoms with Gasteiger partial charge in [-0.2, -0.15) is 0 Å². The van der Waals surface area contributed by atoms with Gasteiger partial charge in [-0.15, -0.1) is 0 Å². The van der Waals surface area contributed by atoms with E-state index < -0.39 is 5.82 Å². The second-order valence-corrected chi connectivity index (χ2v) is 8.63. The molecule has 1 aromatic rings. The number of pyridine rings is 1. The van der Waals surface area contributed by atoms with Crippen LogP contribution >= 0.6 is 0 Å². The van der Waals surface area contributed by atoms with Crippen molar-refractivity contribution in [2.24, 2.45) is 22.2 Å². The van der Waals surface area contributed by atoms with Gasteiger partial charge in [0, 0.05) is 17.2 Å². The fraction of sp³-hybridized carbons (Fsp3) is 0.667. The molecule has 2 unspecified atom stereocenters. The van der Waals surface area contributed by atoms with Crippen molar-refractivity contribution in [2.45, 2.75) is 52.4 Å². The van der Waals surface area contributed by atoms with E-state index in [0.717, 1.165) is 19.3 Å². The molecule has 0 saturated heterocycles. The summed E-state index contributed by atoms with van der Waals surface area (Å²) in [5, 5.41) is 0. The van der Waals surface area contributed by atoms with Crippen molar-refractivity contribution in [1.82, 2.24) is 4.98 Å². The van der Waals surface area contributed by atoms with E-state index in [0.29, 0.717) is 22.3 Å². The second kappa shape index (κ2) is 3.93. The molecule has 0 N–H and O–H groups in total. The molecule has 4 aliphatic rings. The summed E-state index contributed by atoms with van der Waals surface area (Å²) in [4.78, 5) is 17.0. The van der Waals surface area contributed by atoms with Gasteiger partial charge in [-0.25, -0.2) is 4.39 Å². The van der Waals surface area contributed by atoms with Gasteiger partial charge >= 0.3 is 0 Å². The summed E-state index contributed by atoms with van der Waals surface area (Å²) < 4.78 is 13.4. The van der Waals surface area contributed by atoms with E-state index >= 15 is 0 Å². The molecular weight excluding hydrogens is 265 g/mol. The molecule has 0 amide bonds. The first kappa shape index (κ1) is 13.4. The molecule has 0 aliphatic heterocycles. The molecule has 3 heteroatoms. The van der Waals surface area contributed by atoms with E-state index in [1.165, 1.54) is 37.7 Å². The molecule has 0 radical (unpaired) electrons. The van der Waals surface area contributed by atoms with Crippen LogP contribution in [-0.2, 0) is 0 Å². The van der Waals surface area contributed by atoms with Crippen LogP contribution in [0.4, 0.5) is 4.39 Å². The highest BCUT2D eigenvalue weighted by atomic mass is 19.1. The van der Waals surface area contributed by atoms with Gasteiger partial charge in [0.05, 0.1) is 6.20 Å². The largest absolute Gasteiger partial charge is 0.293 e. The van der Waals surface area contributed by atoms with Crippen molar-refractivity contribution in [3.05, 3.63) is 29.8 Å². The molecule has 2 nitrogen and oxygen atoms in total. The molecule has 5 rings (SSSR count). The maximum absolute atomic E-state index is 13.4. The summed E-state index contributed by atoms with van der Waals surface area (Å²) in [5.74, 6) is 0.390. The molecule has 4 fully saturated rings. The number of halogens is 1. The molecule has 0 spiro atoms. The number of Topliss-reactive ketones (excluding diaryl/α,β-unsaturated/α-hetero) is 1. The highest BCUT2D eigenvalue weighted by Gasteiger charge is 2.62. The third kappa shape index (κ3) is 1.96.